The number of benzene rings is 1. The fraction of sp³-hybridized carbons (Fsp3) is 0.143. The maximum atomic E-state index is 10.5. The van der Waals surface area contributed by atoms with Crippen LogP contribution in [-0.4, -0.2) is 10.1 Å². The summed E-state index contributed by atoms with van der Waals surface area (Å²) in [6.07, 6.45) is 1.33. The molecule has 0 aliphatic rings. The summed E-state index contributed by atoms with van der Waals surface area (Å²) < 4.78 is 1.06. The van der Waals surface area contributed by atoms with Crippen LogP contribution >= 0.6 is 27.3 Å². The minimum Gasteiger partial charge on any atom is -0.383 e. The van der Waals surface area contributed by atoms with Crippen molar-refractivity contribution in [1.29, 1.82) is 0 Å². The van der Waals surface area contributed by atoms with Crippen LogP contribution in [0.15, 0.2) is 41.0 Å². The van der Waals surface area contributed by atoms with Gasteiger partial charge in [-0.2, -0.15) is 0 Å². The summed E-state index contributed by atoms with van der Waals surface area (Å²) in [6, 6.07) is 9.96. The van der Waals surface area contributed by atoms with E-state index in [9.17, 15) is 5.11 Å². The van der Waals surface area contributed by atoms with Crippen LogP contribution in [0.4, 0.5) is 0 Å². The zero-order chi connectivity index (χ0) is 12.7. The molecule has 0 bridgehead atoms. The van der Waals surface area contributed by atoms with Gasteiger partial charge in [-0.3, -0.25) is 0 Å². The average molecular weight is 322 g/mol. The highest BCUT2D eigenvalue weighted by molar-refractivity contribution is 9.10. The monoisotopic (exact) mass is 321 g/mol. The van der Waals surface area contributed by atoms with E-state index in [1.54, 1.807) is 11.3 Å². The van der Waals surface area contributed by atoms with Gasteiger partial charge in [-0.25, -0.2) is 0 Å². The normalized spacial score (nSPS) is 13.1. The highest BCUT2D eigenvalue weighted by Crippen LogP contribution is 2.35. The number of hydrogen-bond donors (Lipinski definition) is 2. The Morgan fingerprint density at radius 3 is 2.89 bits per heavy atom. The Hall–Kier alpha value is -1.10. The molecule has 92 valence electrons. The molecule has 3 aromatic rings. The van der Waals surface area contributed by atoms with E-state index in [0.717, 1.165) is 25.8 Å². The highest BCUT2D eigenvalue weighted by Gasteiger charge is 2.16. The van der Waals surface area contributed by atoms with E-state index < -0.39 is 6.10 Å². The Bertz CT molecular complexity index is 681. The van der Waals surface area contributed by atoms with Crippen LogP contribution < -0.4 is 0 Å². The molecule has 2 nitrogen and oxygen atoms in total. The summed E-state index contributed by atoms with van der Waals surface area (Å²) in [4.78, 5) is 5.32. The van der Waals surface area contributed by atoms with Crippen LogP contribution in [0.3, 0.4) is 0 Å². The minimum atomic E-state index is -0.570. The molecule has 0 fully saturated rings. The summed E-state index contributed by atoms with van der Waals surface area (Å²) in [7, 11) is 0. The average Bonchev–Trinajstić information content (AvgIpc) is 2.95. The molecular weight excluding hydrogens is 310 g/mol. The maximum Gasteiger partial charge on any atom is 0.114 e. The van der Waals surface area contributed by atoms with Crippen LogP contribution in [0.25, 0.3) is 10.9 Å². The van der Waals surface area contributed by atoms with E-state index in [-0.39, 0.29) is 0 Å². The molecule has 2 aromatic heterocycles. The molecule has 0 saturated heterocycles. The van der Waals surface area contributed by atoms with Gasteiger partial charge in [-0.05, 0) is 46.6 Å². The second-order valence-corrected chi connectivity index (χ2v) is 6.38. The van der Waals surface area contributed by atoms with Crippen molar-refractivity contribution in [2.24, 2.45) is 0 Å². The maximum absolute atomic E-state index is 10.5. The number of fused-ring (bicyclic) bond motifs is 1. The second-order valence-electron chi connectivity index (χ2n) is 4.24. The number of rotatable bonds is 2. The zero-order valence-corrected chi connectivity index (χ0v) is 12.2. The van der Waals surface area contributed by atoms with Gasteiger partial charge in [-0.15, -0.1) is 11.3 Å². The van der Waals surface area contributed by atoms with Crippen LogP contribution in [0.2, 0.25) is 0 Å². The minimum absolute atomic E-state index is 0.570. The molecule has 2 N–H and O–H groups in total. The van der Waals surface area contributed by atoms with Gasteiger partial charge < -0.3 is 10.1 Å². The first-order valence-electron chi connectivity index (χ1n) is 5.66. The Labute approximate surface area is 117 Å². The molecule has 0 amide bonds. The predicted molar refractivity (Wildman–Crippen MR) is 79.1 cm³/mol. The lowest BCUT2D eigenvalue weighted by Gasteiger charge is -2.10. The zero-order valence-electron chi connectivity index (χ0n) is 9.77. The molecule has 3 rings (SSSR count). The smallest absolute Gasteiger partial charge is 0.114 e. The molecule has 0 spiro atoms. The van der Waals surface area contributed by atoms with E-state index in [4.69, 9.17) is 0 Å². The number of aromatic nitrogens is 1. The first-order chi connectivity index (χ1) is 8.66. The second kappa shape index (κ2) is 4.53. The largest absolute Gasteiger partial charge is 0.383 e. The summed E-state index contributed by atoms with van der Waals surface area (Å²) in [5, 5.41) is 11.6. The van der Waals surface area contributed by atoms with E-state index in [1.807, 2.05) is 43.5 Å². The van der Waals surface area contributed by atoms with Crippen molar-refractivity contribution < 1.29 is 5.11 Å². The Balaban J connectivity index is 2.11. The van der Waals surface area contributed by atoms with Gasteiger partial charge in [0, 0.05) is 31.3 Å². The highest BCUT2D eigenvalue weighted by atomic mass is 79.9. The fourth-order valence-corrected chi connectivity index (χ4v) is 3.68. The van der Waals surface area contributed by atoms with E-state index in [1.165, 1.54) is 4.88 Å². The molecule has 0 radical (unpaired) electrons. The first kappa shape index (κ1) is 12.0. The SMILES string of the molecule is Cc1sc(C(O)c2cccc3[nH]ccc23)cc1Br. The van der Waals surface area contributed by atoms with Gasteiger partial charge in [-0.1, -0.05) is 12.1 Å². The molecule has 0 aliphatic heterocycles. The standard InChI is InChI=1S/C14H12BrNOS/c1-8-11(15)7-13(18-8)14(17)10-3-2-4-12-9(10)5-6-16-12/h2-7,14,16-17H,1H3. The molecule has 0 saturated carbocycles. The number of aliphatic hydroxyl groups is 1. The van der Waals surface area contributed by atoms with Crippen molar-refractivity contribution >= 4 is 38.2 Å². The lowest BCUT2D eigenvalue weighted by Crippen LogP contribution is -1.97. The van der Waals surface area contributed by atoms with Crippen LogP contribution in [0.5, 0.6) is 0 Å². The summed E-state index contributed by atoms with van der Waals surface area (Å²) in [6.45, 7) is 2.04. The molecule has 1 atom stereocenters. The van der Waals surface area contributed by atoms with Gasteiger partial charge in [0.2, 0.25) is 0 Å². The molecular formula is C14H12BrNOS. The quantitative estimate of drug-likeness (QED) is 0.721. The van der Waals surface area contributed by atoms with Crippen LogP contribution in [0.1, 0.15) is 21.4 Å². The van der Waals surface area contributed by atoms with Crippen molar-refractivity contribution in [2.45, 2.75) is 13.0 Å². The van der Waals surface area contributed by atoms with Gasteiger partial charge in [0.05, 0.1) is 0 Å². The van der Waals surface area contributed by atoms with E-state index in [2.05, 4.69) is 20.9 Å². The van der Waals surface area contributed by atoms with E-state index >= 15 is 0 Å². The summed E-state index contributed by atoms with van der Waals surface area (Å²) >= 11 is 5.11. The third-order valence-electron chi connectivity index (χ3n) is 3.07. The number of hydrogen-bond acceptors (Lipinski definition) is 2. The first-order valence-corrected chi connectivity index (χ1v) is 7.27. The van der Waals surface area contributed by atoms with Crippen molar-refractivity contribution in [2.75, 3.05) is 0 Å². The lowest BCUT2D eigenvalue weighted by atomic mass is 10.0. The number of nitrogens with one attached hydrogen (secondary N) is 1. The Kier molecular flexibility index (Phi) is 3.01. The molecule has 0 aliphatic carbocycles. The van der Waals surface area contributed by atoms with Crippen molar-refractivity contribution in [3.63, 3.8) is 0 Å². The van der Waals surface area contributed by atoms with E-state index in [0.29, 0.717) is 0 Å². The molecule has 2 heterocycles. The predicted octanol–water partition coefficient (Wildman–Crippen LogP) is 4.38. The molecule has 1 aromatic carbocycles. The number of aromatic amines is 1. The van der Waals surface area contributed by atoms with Crippen LogP contribution in [-0.2, 0) is 0 Å². The van der Waals surface area contributed by atoms with Crippen molar-refractivity contribution in [3.05, 3.63) is 56.3 Å². The van der Waals surface area contributed by atoms with Crippen LogP contribution in [0, 0.1) is 6.92 Å². The number of H-pyrrole nitrogens is 1. The van der Waals surface area contributed by atoms with Gasteiger partial charge >= 0.3 is 0 Å². The molecule has 4 heteroatoms. The number of aliphatic hydroxyl groups excluding tert-OH is 1. The van der Waals surface area contributed by atoms with Gasteiger partial charge in [0.25, 0.3) is 0 Å². The van der Waals surface area contributed by atoms with Crippen molar-refractivity contribution in [1.82, 2.24) is 4.98 Å². The topological polar surface area (TPSA) is 36.0 Å². The number of halogens is 1. The molecule has 18 heavy (non-hydrogen) atoms. The third kappa shape index (κ3) is 1.90. The van der Waals surface area contributed by atoms with Crippen molar-refractivity contribution in [3.8, 4) is 0 Å². The summed E-state index contributed by atoms with van der Waals surface area (Å²) in [5.41, 5.74) is 2.00. The number of thiophene rings is 1. The molecule has 1 unspecified atom stereocenters. The third-order valence-corrected chi connectivity index (χ3v) is 5.26. The lowest BCUT2D eigenvalue weighted by molar-refractivity contribution is 0.225. The Morgan fingerprint density at radius 2 is 2.17 bits per heavy atom. The summed E-state index contributed by atoms with van der Waals surface area (Å²) in [5.74, 6) is 0. The fourth-order valence-electron chi connectivity index (χ4n) is 2.12. The Morgan fingerprint density at radius 1 is 1.33 bits per heavy atom. The van der Waals surface area contributed by atoms with Gasteiger partial charge in [0.1, 0.15) is 6.10 Å². The van der Waals surface area contributed by atoms with Gasteiger partial charge in [0.15, 0.2) is 0 Å². The number of aryl methyl sites for hydroxylation is 1.